The van der Waals surface area contributed by atoms with Gasteiger partial charge in [0, 0.05) is 17.9 Å². The van der Waals surface area contributed by atoms with E-state index in [1.54, 1.807) is 31.2 Å². The van der Waals surface area contributed by atoms with Crippen molar-refractivity contribution in [1.29, 1.82) is 0 Å². The van der Waals surface area contributed by atoms with Crippen LogP contribution in [0, 0.1) is 0 Å². The molecule has 1 aromatic carbocycles. The number of hydrogen-bond acceptors (Lipinski definition) is 8. The zero-order valence-electron chi connectivity index (χ0n) is 15.9. The highest BCUT2D eigenvalue weighted by molar-refractivity contribution is 5.97. The summed E-state index contributed by atoms with van der Waals surface area (Å²) in [5.41, 5.74) is 11.8. The molecule has 1 amide bonds. The monoisotopic (exact) mass is 384 g/mol. The molecule has 0 bridgehead atoms. The summed E-state index contributed by atoms with van der Waals surface area (Å²) in [7, 11) is 1.30. The van der Waals surface area contributed by atoms with Crippen molar-refractivity contribution in [3.05, 3.63) is 41.6 Å². The average Bonchev–Trinajstić information content (AvgIpc) is 2.64. The number of amides is 1. The van der Waals surface area contributed by atoms with E-state index in [-0.39, 0.29) is 5.56 Å². The first-order valence-corrected chi connectivity index (χ1v) is 8.99. The number of methoxy groups -OCH3 is 1. The third kappa shape index (κ3) is 4.04. The Morgan fingerprint density at radius 2 is 1.93 bits per heavy atom. The number of hydrogen-bond donors (Lipinski definition) is 4. The molecule has 1 atom stereocenters. The van der Waals surface area contributed by atoms with Crippen LogP contribution in [0.4, 0.5) is 17.5 Å². The lowest BCUT2D eigenvalue weighted by atomic mass is 9.93. The summed E-state index contributed by atoms with van der Waals surface area (Å²) in [4.78, 5) is 32.0. The number of carbonyl (C=O) groups excluding carboxylic acids is 2. The van der Waals surface area contributed by atoms with Crippen molar-refractivity contribution in [2.75, 3.05) is 17.7 Å². The van der Waals surface area contributed by atoms with Gasteiger partial charge in [0.1, 0.15) is 11.4 Å². The number of carbonyl (C=O) groups is 2. The molecule has 0 saturated heterocycles. The molecule has 1 unspecified atom stereocenters. The van der Waals surface area contributed by atoms with Crippen LogP contribution >= 0.6 is 0 Å². The number of nitrogens with zero attached hydrogens (tertiary/aromatic N) is 2. The van der Waals surface area contributed by atoms with Crippen LogP contribution in [0.3, 0.4) is 0 Å². The molecule has 1 aliphatic rings. The molecule has 1 heterocycles. The summed E-state index contributed by atoms with van der Waals surface area (Å²) >= 11 is 0. The third-order valence-electron chi connectivity index (χ3n) is 4.85. The van der Waals surface area contributed by atoms with Gasteiger partial charge in [-0.15, -0.1) is 0 Å². The lowest BCUT2D eigenvalue weighted by Crippen LogP contribution is -2.42. The fourth-order valence-electron chi connectivity index (χ4n) is 2.84. The molecule has 2 aromatic rings. The van der Waals surface area contributed by atoms with Crippen molar-refractivity contribution < 1.29 is 14.3 Å². The zero-order chi connectivity index (χ0) is 20.3. The van der Waals surface area contributed by atoms with Crippen molar-refractivity contribution in [1.82, 2.24) is 9.97 Å². The van der Waals surface area contributed by atoms with E-state index >= 15 is 0 Å². The Kier molecular flexibility index (Phi) is 5.46. The van der Waals surface area contributed by atoms with Gasteiger partial charge in [-0.1, -0.05) is 12.1 Å². The fraction of sp³-hybridized carbons (Fsp3) is 0.368. The maximum Gasteiger partial charge on any atom is 0.330 e. The normalized spacial score (nSPS) is 15.8. The Bertz CT molecular complexity index is 878. The second-order valence-corrected chi connectivity index (χ2v) is 6.99. The highest BCUT2D eigenvalue weighted by Gasteiger charge is 2.31. The van der Waals surface area contributed by atoms with E-state index in [4.69, 9.17) is 16.2 Å². The van der Waals surface area contributed by atoms with Crippen LogP contribution in [0.2, 0.25) is 0 Å². The number of ether oxygens (including phenoxy) is 1. The smallest absolute Gasteiger partial charge is 0.330 e. The molecule has 0 radical (unpaired) electrons. The Balaban J connectivity index is 1.78. The second-order valence-electron chi connectivity index (χ2n) is 6.99. The van der Waals surface area contributed by atoms with E-state index in [2.05, 4.69) is 20.6 Å². The van der Waals surface area contributed by atoms with Gasteiger partial charge in [0.2, 0.25) is 5.95 Å². The standard InChI is InChI=1S/C19H24N6O3/c1-19(21,17(27)28-2)11-6-8-13(9-7-11)24-18-22-10-14(15(20)26)16(25-18)23-12-4-3-5-12/h6-10,12H,3-5,21H2,1-2H3,(H2,20,26)(H2,22,23,24,25). The van der Waals surface area contributed by atoms with E-state index < -0.39 is 17.4 Å². The summed E-state index contributed by atoms with van der Waals surface area (Å²) in [5.74, 6) is -0.359. The van der Waals surface area contributed by atoms with Gasteiger partial charge >= 0.3 is 5.97 Å². The molecule has 1 aromatic heterocycles. The highest BCUT2D eigenvalue weighted by atomic mass is 16.5. The van der Waals surface area contributed by atoms with Crippen LogP contribution in [-0.4, -0.2) is 35.0 Å². The topological polar surface area (TPSA) is 145 Å². The summed E-state index contributed by atoms with van der Waals surface area (Å²) in [6, 6.07) is 7.26. The van der Waals surface area contributed by atoms with E-state index in [0.29, 0.717) is 29.1 Å². The summed E-state index contributed by atoms with van der Waals surface area (Å²) in [6.45, 7) is 1.59. The Hall–Kier alpha value is -3.20. The average molecular weight is 384 g/mol. The van der Waals surface area contributed by atoms with E-state index in [1.165, 1.54) is 13.3 Å². The van der Waals surface area contributed by atoms with Crippen LogP contribution in [0.15, 0.2) is 30.5 Å². The Labute approximate surface area is 162 Å². The molecule has 1 aliphatic carbocycles. The Morgan fingerprint density at radius 3 is 2.46 bits per heavy atom. The minimum atomic E-state index is -1.24. The number of nitrogens with one attached hydrogen (secondary N) is 2. The van der Waals surface area contributed by atoms with E-state index in [0.717, 1.165) is 19.3 Å². The molecule has 0 aliphatic heterocycles. The number of aromatic nitrogens is 2. The van der Waals surface area contributed by atoms with Gasteiger partial charge in [0.25, 0.3) is 5.91 Å². The van der Waals surface area contributed by atoms with Crippen molar-refractivity contribution in [3.8, 4) is 0 Å². The van der Waals surface area contributed by atoms with Gasteiger partial charge in [0.15, 0.2) is 0 Å². The number of anilines is 3. The lowest BCUT2D eigenvalue weighted by Gasteiger charge is -2.27. The number of primary amides is 1. The van der Waals surface area contributed by atoms with Crippen LogP contribution in [0.5, 0.6) is 0 Å². The van der Waals surface area contributed by atoms with Crippen LogP contribution in [-0.2, 0) is 15.1 Å². The lowest BCUT2D eigenvalue weighted by molar-refractivity contribution is -0.146. The van der Waals surface area contributed by atoms with Crippen LogP contribution in [0.25, 0.3) is 0 Å². The molecule has 9 heteroatoms. The molecular formula is C19H24N6O3. The first kappa shape index (κ1) is 19.6. The minimum absolute atomic E-state index is 0.254. The van der Waals surface area contributed by atoms with Crippen molar-refractivity contribution >= 4 is 29.3 Å². The summed E-state index contributed by atoms with van der Waals surface area (Å²) < 4.78 is 4.74. The molecule has 9 nitrogen and oxygen atoms in total. The number of nitrogens with two attached hydrogens (primary N) is 2. The number of esters is 1. The van der Waals surface area contributed by atoms with Gasteiger partial charge in [-0.25, -0.2) is 9.78 Å². The van der Waals surface area contributed by atoms with Crippen molar-refractivity contribution in [2.45, 2.75) is 37.8 Å². The van der Waals surface area contributed by atoms with Gasteiger partial charge < -0.3 is 26.8 Å². The molecule has 148 valence electrons. The molecule has 1 fully saturated rings. The van der Waals surface area contributed by atoms with Crippen molar-refractivity contribution in [2.24, 2.45) is 11.5 Å². The van der Waals surface area contributed by atoms with Gasteiger partial charge in [-0.05, 0) is 43.9 Å². The van der Waals surface area contributed by atoms with E-state index in [1.807, 2.05) is 0 Å². The van der Waals surface area contributed by atoms with Crippen LogP contribution < -0.4 is 22.1 Å². The largest absolute Gasteiger partial charge is 0.467 e. The maximum atomic E-state index is 11.8. The first-order chi connectivity index (χ1) is 13.3. The summed E-state index contributed by atoms with van der Waals surface area (Å²) in [6.07, 6.45) is 4.62. The van der Waals surface area contributed by atoms with Gasteiger partial charge in [-0.3, -0.25) is 4.79 Å². The molecule has 3 rings (SSSR count). The van der Waals surface area contributed by atoms with Crippen LogP contribution in [0.1, 0.15) is 42.1 Å². The molecular weight excluding hydrogens is 360 g/mol. The molecule has 28 heavy (non-hydrogen) atoms. The first-order valence-electron chi connectivity index (χ1n) is 8.99. The SMILES string of the molecule is COC(=O)C(C)(N)c1ccc(Nc2ncc(C(N)=O)c(NC3CCC3)n2)cc1. The molecule has 6 N–H and O–H groups in total. The summed E-state index contributed by atoms with van der Waals surface area (Å²) in [5, 5.41) is 6.31. The predicted molar refractivity (Wildman–Crippen MR) is 105 cm³/mol. The quantitative estimate of drug-likeness (QED) is 0.527. The second kappa shape index (κ2) is 7.81. The molecule has 0 spiro atoms. The predicted octanol–water partition coefficient (Wildman–Crippen LogP) is 1.63. The fourth-order valence-corrected chi connectivity index (χ4v) is 2.84. The van der Waals surface area contributed by atoms with Gasteiger partial charge in [-0.2, -0.15) is 4.98 Å². The van der Waals surface area contributed by atoms with Crippen molar-refractivity contribution in [3.63, 3.8) is 0 Å². The third-order valence-corrected chi connectivity index (χ3v) is 4.85. The Morgan fingerprint density at radius 1 is 1.25 bits per heavy atom. The molecule has 1 saturated carbocycles. The van der Waals surface area contributed by atoms with E-state index in [9.17, 15) is 9.59 Å². The minimum Gasteiger partial charge on any atom is -0.467 e. The number of rotatable bonds is 7. The highest BCUT2D eigenvalue weighted by Crippen LogP contribution is 2.26. The van der Waals surface area contributed by atoms with Gasteiger partial charge in [0.05, 0.1) is 12.7 Å². The number of benzene rings is 1. The maximum absolute atomic E-state index is 11.8. The zero-order valence-corrected chi connectivity index (χ0v) is 15.9.